The first-order valence-electron chi connectivity index (χ1n) is 8.29. The van der Waals surface area contributed by atoms with Crippen molar-refractivity contribution in [1.29, 1.82) is 0 Å². The number of anilines is 1. The van der Waals surface area contributed by atoms with Gasteiger partial charge < -0.3 is 20.8 Å². The second-order valence-electron chi connectivity index (χ2n) is 6.21. The van der Waals surface area contributed by atoms with E-state index in [2.05, 4.69) is 44.8 Å². The molecule has 0 radical (unpaired) electrons. The minimum atomic E-state index is -1.41. The Balaban J connectivity index is 0.000000151. The smallest absolute Gasteiger partial charge is 0.337 e. The molecule has 5 nitrogen and oxygen atoms in total. The molecule has 0 aromatic heterocycles. The number of piperidine rings is 1. The maximum absolute atomic E-state index is 10.2. The summed E-state index contributed by atoms with van der Waals surface area (Å²) in [6, 6.07) is 15.4. The second kappa shape index (κ2) is 7.99. The Bertz CT molecular complexity index is 739. The lowest BCUT2D eigenvalue weighted by atomic mass is 9.91. The Morgan fingerprint density at radius 3 is 2.64 bits per heavy atom. The molecule has 1 fully saturated rings. The van der Waals surface area contributed by atoms with Crippen molar-refractivity contribution >= 4 is 27.6 Å². The second-order valence-corrected chi connectivity index (χ2v) is 7.06. The number of benzene rings is 2. The molecule has 0 aliphatic carbocycles. The summed E-state index contributed by atoms with van der Waals surface area (Å²) >= 11 is 3.60. The van der Waals surface area contributed by atoms with Crippen molar-refractivity contribution in [2.75, 3.05) is 18.4 Å². The van der Waals surface area contributed by atoms with Crippen LogP contribution in [0, 0.1) is 0 Å². The van der Waals surface area contributed by atoms with E-state index in [1.54, 1.807) is 30.3 Å². The number of carbonyl (C=O) groups is 1. The molecule has 0 saturated carbocycles. The van der Waals surface area contributed by atoms with Crippen LogP contribution in [0.15, 0.2) is 53.0 Å². The minimum Gasteiger partial charge on any atom is -0.479 e. The van der Waals surface area contributed by atoms with Gasteiger partial charge in [0.25, 0.3) is 0 Å². The van der Waals surface area contributed by atoms with Crippen LogP contribution in [0.25, 0.3) is 0 Å². The third-order valence-electron chi connectivity index (χ3n) is 4.61. The van der Waals surface area contributed by atoms with Crippen LogP contribution in [0.4, 0.5) is 5.69 Å². The van der Waals surface area contributed by atoms with Crippen molar-refractivity contribution in [2.24, 2.45) is 0 Å². The molecule has 2 aromatic rings. The number of aliphatic carboxylic acids is 1. The normalized spacial score (nSPS) is 21.8. The zero-order chi connectivity index (χ0) is 17.8. The van der Waals surface area contributed by atoms with Gasteiger partial charge in [0.1, 0.15) is 0 Å². The van der Waals surface area contributed by atoms with Crippen molar-refractivity contribution in [3.8, 4) is 0 Å². The number of aliphatic hydroxyl groups excluding tert-OH is 1. The molecule has 2 aromatic carbocycles. The SMILES string of the molecule is Brc1cccc2c1NC1CCNCC21.O=C(O)[C@@H](O)c1ccccc1. The average molecular weight is 405 g/mol. The van der Waals surface area contributed by atoms with Crippen LogP contribution in [0.3, 0.4) is 0 Å². The molecule has 132 valence electrons. The van der Waals surface area contributed by atoms with Gasteiger partial charge in [-0.1, -0.05) is 42.5 Å². The maximum Gasteiger partial charge on any atom is 0.337 e. The predicted molar refractivity (Wildman–Crippen MR) is 101 cm³/mol. The van der Waals surface area contributed by atoms with Gasteiger partial charge in [-0.05, 0) is 46.1 Å². The third kappa shape index (κ3) is 4.03. The number of carboxylic acids is 1. The summed E-state index contributed by atoms with van der Waals surface area (Å²) < 4.78 is 1.20. The number of halogens is 1. The number of aliphatic hydroxyl groups is 1. The summed E-state index contributed by atoms with van der Waals surface area (Å²) in [7, 11) is 0. The van der Waals surface area contributed by atoms with Gasteiger partial charge in [-0.15, -0.1) is 0 Å². The van der Waals surface area contributed by atoms with Crippen molar-refractivity contribution in [3.05, 3.63) is 64.1 Å². The highest BCUT2D eigenvalue weighted by molar-refractivity contribution is 9.10. The summed E-state index contributed by atoms with van der Waals surface area (Å²) in [5.74, 6) is -0.563. The lowest BCUT2D eigenvalue weighted by molar-refractivity contribution is -0.146. The van der Waals surface area contributed by atoms with Gasteiger partial charge in [0.2, 0.25) is 0 Å². The van der Waals surface area contributed by atoms with Crippen LogP contribution in [-0.2, 0) is 4.79 Å². The third-order valence-corrected chi connectivity index (χ3v) is 5.27. The minimum absolute atomic E-state index is 0.403. The van der Waals surface area contributed by atoms with E-state index in [-0.39, 0.29) is 0 Å². The van der Waals surface area contributed by atoms with Crippen LogP contribution in [-0.4, -0.2) is 35.3 Å². The van der Waals surface area contributed by atoms with Crippen molar-refractivity contribution in [2.45, 2.75) is 24.5 Å². The largest absolute Gasteiger partial charge is 0.479 e. The van der Waals surface area contributed by atoms with Crippen LogP contribution in [0.1, 0.15) is 29.6 Å². The van der Waals surface area contributed by atoms with Gasteiger partial charge in [-0.2, -0.15) is 0 Å². The first-order chi connectivity index (χ1) is 12.1. The first kappa shape index (κ1) is 17.9. The van der Waals surface area contributed by atoms with E-state index in [1.165, 1.54) is 22.1 Å². The Kier molecular flexibility index (Phi) is 5.73. The van der Waals surface area contributed by atoms with E-state index >= 15 is 0 Å². The number of rotatable bonds is 2. The molecule has 0 amide bonds. The number of hydrogen-bond acceptors (Lipinski definition) is 4. The molecular formula is C19H21BrN2O3. The van der Waals surface area contributed by atoms with Gasteiger partial charge in [-0.3, -0.25) is 0 Å². The molecular weight excluding hydrogens is 384 g/mol. The van der Waals surface area contributed by atoms with Crippen LogP contribution >= 0.6 is 15.9 Å². The molecule has 2 unspecified atom stereocenters. The molecule has 0 bridgehead atoms. The number of para-hydroxylation sites is 1. The lowest BCUT2D eigenvalue weighted by Crippen LogP contribution is -2.38. The van der Waals surface area contributed by atoms with Gasteiger partial charge >= 0.3 is 5.97 Å². The predicted octanol–water partition coefficient (Wildman–Crippen LogP) is 3.12. The Labute approximate surface area is 155 Å². The molecule has 2 aliphatic rings. The summed E-state index contributed by atoms with van der Waals surface area (Å²) in [5, 5.41) is 24.5. The van der Waals surface area contributed by atoms with E-state index in [4.69, 9.17) is 10.2 Å². The quantitative estimate of drug-likeness (QED) is 0.618. The summed E-state index contributed by atoms with van der Waals surface area (Å²) in [4.78, 5) is 10.2. The van der Waals surface area contributed by atoms with Gasteiger partial charge in [-0.25, -0.2) is 4.79 Å². The summed E-state index contributed by atoms with van der Waals surface area (Å²) in [5.41, 5.74) is 3.18. The lowest BCUT2D eigenvalue weighted by Gasteiger charge is -2.26. The zero-order valence-corrected chi connectivity index (χ0v) is 15.2. The molecule has 1 saturated heterocycles. The van der Waals surface area contributed by atoms with Crippen molar-refractivity contribution in [3.63, 3.8) is 0 Å². The highest BCUT2D eigenvalue weighted by Gasteiger charge is 2.34. The van der Waals surface area contributed by atoms with Crippen LogP contribution < -0.4 is 10.6 Å². The monoisotopic (exact) mass is 404 g/mol. The summed E-state index contributed by atoms with van der Waals surface area (Å²) in [6.07, 6.45) is -0.178. The highest BCUT2D eigenvalue weighted by atomic mass is 79.9. The van der Waals surface area contributed by atoms with E-state index in [0.717, 1.165) is 13.1 Å². The Morgan fingerprint density at radius 2 is 1.92 bits per heavy atom. The molecule has 4 N–H and O–H groups in total. The van der Waals surface area contributed by atoms with Gasteiger partial charge in [0.05, 0.1) is 5.69 Å². The van der Waals surface area contributed by atoms with E-state index in [0.29, 0.717) is 17.5 Å². The fraction of sp³-hybridized carbons (Fsp3) is 0.316. The molecule has 25 heavy (non-hydrogen) atoms. The van der Waals surface area contributed by atoms with Crippen LogP contribution in [0.5, 0.6) is 0 Å². The van der Waals surface area contributed by atoms with Gasteiger partial charge in [0.15, 0.2) is 6.10 Å². The zero-order valence-electron chi connectivity index (χ0n) is 13.7. The van der Waals surface area contributed by atoms with E-state index < -0.39 is 12.1 Å². The summed E-state index contributed by atoms with van der Waals surface area (Å²) in [6.45, 7) is 2.25. The molecule has 2 heterocycles. The van der Waals surface area contributed by atoms with Gasteiger partial charge in [0, 0.05) is 23.0 Å². The topological polar surface area (TPSA) is 81.6 Å². The number of hydrogen-bond donors (Lipinski definition) is 4. The maximum atomic E-state index is 10.2. The Hall–Kier alpha value is -1.89. The number of nitrogens with one attached hydrogen (secondary N) is 2. The van der Waals surface area contributed by atoms with Crippen molar-refractivity contribution in [1.82, 2.24) is 5.32 Å². The van der Waals surface area contributed by atoms with Crippen molar-refractivity contribution < 1.29 is 15.0 Å². The van der Waals surface area contributed by atoms with E-state index in [1.807, 2.05) is 0 Å². The molecule has 4 rings (SSSR count). The number of carboxylic acid groups (broad SMARTS) is 1. The Morgan fingerprint density at radius 1 is 1.16 bits per heavy atom. The van der Waals surface area contributed by atoms with E-state index in [9.17, 15) is 4.79 Å². The fourth-order valence-electron chi connectivity index (χ4n) is 3.32. The fourth-order valence-corrected chi connectivity index (χ4v) is 3.82. The average Bonchev–Trinajstić information content (AvgIpc) is 3.03. The molecule has 6 heteroatoms. The molecule has 0 spiro atoms. The number of fused-ring (bicyclic) bond motifs is 3. The van der Waals surface area contributed by atoms with Crippen LogP contribution in [0.2, 0.25) is 0 Å². The molecule has 2 aliphatic heterocycles. The highest BCUT2D eigenvalue weighted by Crippen LogP contribution is 2.41. The molecule has 3 atom stereocenters. The standard InChI is InChI=1S/C11H13BrN2.C8H8O3/c12-9-3-1-2-7-8-6-13-5-4-10(8)14-11(7)9;9-7(8(10)11)6-4-2-1-3-5-6/h1-3,8,10,13-14H,4-6H2;1-5,7,9H,(H,10,11)/t;7-/m.0/s1. The first-order valence-corrected chi connectivity index (χ1v) is 9.08.